The number of rotatable bonds is 1. The van der Waals surface area contributed by atoms with Crippen molar-refractivity contribution >= 4 is 12.2 Å². The molecule has 3 nitrogen and oxygen atoms in total. The number of fused-ring (bicyclic) bond motifs is 2. The number of benzene rings is 1. The first-order chi connectivity index (χ1) is 12.3. The molecule has 4 atom stereocenters. The summed E-state index contributed by atoms with van der Waals surface area (Å²) < 4.78 is 5.73. The van der Waals surface area contributed by atoms with Crippen molar-refractivity contribution < 1.29 is 9.53 Å². The second kappa shape index (κ2) is 5.87. The van der Waals surface area contributed by atoms with Crippen molar-refractivity contribution in [3.05, 3.63) is 41.5 Å². The minimum atomic E-state index is -0.450. The van der Waals surface area contributed by atoms with Crippen LogP contribution in [0.2, 0.25) is 0 Å². The first-order valence-electron chi connectivity index (χ1n) is 10.0. The molecule has 3 aliphatic rings. The van der Waals surface area contributed by atoms with Crippen molar-refractivity contribution in [3.63, 3.8) is 0 Å². The number of carbonyl (C=O) groups is 1. The first-order valence-corrected chi connectivity index (χ1v) is 10.0. The zero-order valence-corrected chi connectivity index (χ0v) is 16.5. The van der Waals surface area contributed by atoms with Gasteiger partial charge in [-0.15, -0.1) is 0 Å². The van der Waals surface area contributed by atoms with E-state index >= 15 is 0 Å². The zero-order valence-electron chi connectivity index (χ0n) is 16.5. The number of hydrogen-bond acceptors (Lipinski definition) is 2. The Hall–Kier alpha value is -1.77. The monoisotopic (exact) mass is 353 g/mol. The number of nitrogens with zero attached hydrogens (tertiary/aromatic N) is 1. The van der Waals surface area contributed by atoms with E-state index in [4.69, 9.17) is 4.74 Å². The first kappa shape index (κ1) is 17.6. The molecule has 4 rings (SSSR count). The van der Waals surface area contributed by atoms with Gasteiger partial charge in [0.05, 0.1) is 0 Å². The summed E-state index contributed by atoms with van der Waals surface area (Å²) in [5.41, 5.74) is 3.98. The highest BCUT2D eigenvalue weighted by atomic mass is 16.6. The Morgan fingerprint density at radius 2 is 2.12 bits per heavy atom. The molecule has 0 bridgehead atoms. The van der Waals surface area contributed by atoms with Crippen LogP contribution in [-0.2, 0) is 10.2 Å². The topological polar surface area (TPSA) is 29.5 Å². The van der Waals surface area contributed by atoms with Crippen molar-refractivity contribution in [2.24, 2.45) is 5.92 Å². The van der Waals surface area contributed by atoms with E-state index in [-0.39, 0.29) is 17.6 Å². The number of likely N-dealkylation sites (tertiary alicyclic amines) is 1. The van der Waals surface area contributed by atoms with Crippen LogP contribution in [0.15, 0.2) is 24.8 Å². The van der Waals surface area contributed by atoms with E-state index in [0.717, 1.165) is 6.54 Å². The SMILES string of the molecule is C=Cc1ccc2c(c1)C13CCCCC1C(C)N(C(=O)OC(C)(C)C)CC23. The second-order valence-electron chi connectivity index (χ2n) is 9.37. The molecule has 1 spiro atoms. The maximum Gasteiger partial charge on any atom is 0.410 e. The minimum Gasteiger partial charge on any atom is -0.444 e. The third-order valence-corrected chi connectivity index (χ3v) is 6.91. The fraction of sp³-hybridized carbons (Fsp3) is 0.609. The molecule has 1 aliphatic heterocycles. The Bertz CT molecular complexity index is 747. The van der Waals surface area contributed by atoms with Crippen molar-refractivity contribution in [3.8, 4) is 0 Å². The van der Waals surface area contributed by atoms with Crippen LogP contribution < -0.4 is 0 Å². The minimum absolute atomic E-state index is 0.152. The van der Waals surface area contributed by atoms with E-state index in [0.29, 0.717) is 11.8 Å². The lowest BCUT2D eigenvalue weighted by atomic mass is 9.44. The second-order valence-corrected chi connectivity index (χ2v) is 9.37. The summed E-state index contributed by atoms with van der Waals surface area (Å²) in [4.78, 5) is 14.9. The van der Waals surface area contributed by atoms with Gasteiger partial charge in [-0.2, -0.15) is 0 Å². The molecule has 26 heavy (non-hydrogen) atoms. The van der Waals surface area contributed by atoms with E-state index in [2.05, 4.69) is 31.7 Å². The lowest BCUT2D eigenvalue weighted by Gasteiger charge is -2.64. The summed E-state index contributed by atoms with van der Waals surface area (Å²) in [5.74, 6) is 0.973. The number of piperidine rings is 1. The lowest BCUT2D eigenvalue weighted by molar-refractivity contribution is -0.0451. The van der Waals surface area contributed by atoms with E-state index in [1.54, 1.807) is 0 Å². The quantitative estimate of drug-likeness (QED) is 0.668. The Balaban J connectivity index is 1.72. The molecule has 1 aromatic carbocycles. The Labute approximate surface area is 157 Å². The van der Waals surface area contributed by atoms with Gasteiger partial charge in [-0.05, 0) is 63.1 Å². The summed E-state index contributed by atoms with van der Waals surface area (Å²) in [5, 5.41) is 0. The number of amides is 1. The normalized spacial score (nSPS) is 32.6. The van der Waals surface area contributed by atoms with Crippen LogP contribution in [0, 0.1) is 5.92 Å². The number of ether oxygens (including phenoxy) is 1. The van der Waals surface area contributed by atoms with Crippen LogP contribution in [0.5, 0.6) is 0 Å². The van der Waals surface area contributed by atoms with Crippen molar-refractivity contribution in [2.45, 2.75) is 76.4 Å². The summed E-state index contributed by atoms with van der Waals surface area (Å²) in [6.45, 7) is 12.8. The fourth-order valence-corrected chi connectivity index (χ4v) is 5.86. The smallest absolute Gasteiger partial charge is 0.410 e. The number of carbonyl (C=O) groups excluding carboxylic acids is 1. The molecule has 0 N–H and O–H groups in total. The summed E-state index contributed by atoms with van der Waals surface area (Å²) >= 11 is 0. The van der Waals surface area contributed by atoms with E-state index in [1.165, 1.54) is 42.4 Å². The molecule has 1 aromatic rings. The highest BCUT2D eigenvalue weighted by molar-refractivity contribution is 5.70. The third kappa shape index (κ3) is 2.43. The fourth-order valence-electron chi connectivity index (χ4n) is 5.86. The molecular formula is C23H31NO2. The van der Waals surface area contributed by atoms with Crippen LogP contribution in [0.3, 0.4) is 0 Å². The Morgan fingerprint density at radius 3 is 2.81 bits per heavy atom. The van der Waals surface area contributed by atoms with Gasteiger partial charge < -0.3 is 9.64 Å². The van der Waals surface area contributed by atoms with Gasteiger partial charge in [-0.25, -0.2) is 4.79 Å². The van der Waals surface area contributed by atoms with Gasteiger partial charge in [-0.3, -0.25) is 0 Å². The zero-order chi connectivity index (χ0) is 18.7. The summed E-state index contributed by atoms with van der Waals surface area (Å²) in [7, 11) is 0. The molecule has 2 aliphatic carbocycles. The molecule has 140 valence electrons. The largest absolute Gasteiger partial charge is 0.444 e. The predicted octanol–water partition coefficient (Wildman–Crippen LogP) is 5.49. The molecule has 3 heteroatoms. The average molecular weight is 354 g/mol. The van der Waals surface area contributed by atoms with Crippen LogP contribution >= 0.6 is 0 Å². The molecule has 0 radical (unpaired) electrons. The molecule has 1 heterocycles. The Morgan fingerprint density at radius 1 is 1.35 bits per heavy atom. The highest BCUT2D eigenvalue weighted by Crippen LogP contribution is 2.65. The van der Waals surface area contributed by atoms with Gasteiger partial charge in [-0.1, -0.05) is 43.7 Å². The molecule has 1 amide bonds. The standard InChI is InChI=1S/C23H31NO2/c1-6-16-10-11-17-19(13-16)23-12-8-7-9-18(23)15(2)24(14-20(17)23)21(25)26-22(3,4)5/h6,10-11,13,15,18,20H,1,7-9,12,14H2,2-5H3. The van der Waals surface area contributed by atoms with Crippen LogP contribution in [-0.4, -0.2) is 29.2 Å². The third-order valence-electron chi connectivity index (χ3n) is 6.91. The molecule has 1 saturated carbocycles. The average Bonchev–Trinajstić information content (AvgIpc) is 2.59. The van der Waals surface area contributed by atoms with Crippen molar-refractivity contribution in [1.29, 1.82) is 0 Å². The van der Waals surface area contributed by atoms with Gasteiger partial charge in [0.1, 0.15) is 5.60 Å². The van der Waals surface area contributed by atoms with Crippen molar-refractivity contribution in [2.75, 3.05) is 6.54 Å². The summed E-state index contributed by atoms with van der Waals surface area (Å²) in [6.07, 6.45) is 6.81. The lowest BCUT2D eigenvalue weighted by Crippen LogP contribution is -2.66. The van der Waals surface area contributed by atoms with E-state index < -0.39 is 5.60 Å². The van der Waals surface area contributed by atoms with Gasteiger partial charge in [0, 0.05) is 23.9 Å². The molecular weight excluding hydrogens is 322 g/mol. The molecule has 4 unspecified atom stereocenters. The Kier molecular flexibility index (Phi) is 3.98. The van der Waals surface area contributed by atoms with Crippen molar-refractivity contribution in [1.82, 2.24) is 4.90 Å². The maximum absolute atomic E-state index is 12.9. The number of hydrogen-bond donors (Lipinski definition) is 0. The molecule has 0 aromatic heterocycles. The predicted molar refractivity (Wildman–Crippen MR) is 105 cm³/mol. The molecule has 1 saturated heterocycles. The van der Waals surface area contributed by atoms with E-state index in [1.807, 2.05) is 31.7 Å². The van der Waals surface area contributed by atoms with Gasteiger partial charge >= 0.3 is 6.09 Å². The van der Waals surface area contributed by atoms with Gasteiger partial charge in [0.2, 0.25) is 0 Å². The van der Waals surface area contributed by atoms with E-state index in [9.17, 15) is 4.79 Å². The van der Waals surface area contributed by atoms with Gasteiger partial charge in [0.15, 0.2) is 0 Å². The van der Waals surface area contributed by atoms with Crippen LogP contribution in [0.25, 0.3) is 6.08 Å². The van der Waals surface area contributed by atoms with Crippen LogP contribution in [0.1, 0.15) is 76.0 Å². The maximum atomic E-state index is 12.9. The highest BCUT2D eigenvalue weighted by Gasteiger charge is 2.62. The van der Waals surface area contributed by atoms with Gasteiger partial charge in [0.25, 0.3) is 0 Å². The molecule has 2 fully saturated rings. The van der Waals surface area contributed by atoms with Crippen LogP contribution in [0.4, 0.5) is 4.79 Å². The summed E-state index contributed by atoms with van der Waals surface area (Å²) in [6, 6.07) is 7.00.